The van der Waals surface area contributed by atoms with Crippen molar-refractivity contribution in [1.29, 1.82) is 0 Å². The summed E-state index contributed by atoms with van der Waals surface area (Å²) < 4.78 is 70.4. The third-order valence-electron chi connectivity index (χ3n) is 5.87. The summed E-state index contributed by atoms with van der Waals surface area (Å²) in [5.74, 6) is 0. The molecule has 1 aromatic heterocycles. The fourth-order valence-electron chi connectivity index (χ4n) is 4.08. The van der Waals surface area contributed by atoms with Crippen LogP contribution in [0.1, 0.15) is 0 Å². The standard InChI is InChI=1S/C21H22N2O8S2/c24-21-19-13-15(32(25,26)22-5-9-29-10-6-22)1-3-17(19)18-4-2-16(14-20(18)31-21)33(27,28)23-7-11-30-12-8-23/h1-4,13-14H,5-12H2. The molecule has 0 radical (unpaired) electrons. The van der Waals surface area contributed by atoms with Crippen LogP contribution in [0, 0.1) is 0 Å². The first kappa shape index (κ1) is 22.4. The summed E-state index contributed by atoms with van der Waals surface area (Å²) in [6.07, 6.45) is 0. The third-order valence-corrected chi connectivity index (χ3v) is 9.66. The minimum Gasteiger partial charge on any atom is -0.422 e. The lowest BCUT2D eigenvalue weighted by atomic mass is 10.1. The molecule has 0 aliphatic carbocycles. The molecule has 33 heavy (non-hydrogen) atoms. The number of rotatable bonds is 4. The lowest BCUT2D eigenvalue weighted by molar-refractivity contribution is 0.0730. The van der Waals surface area contributed by atoms with Gasteiger partial charge in [0.15, 0.2) is 0 Å². The molecule has 176 valence electrons. The number of benzene rings is 2. The van der Waals surface area contributed by atoms with Crippen LogP contribution < -0.4 is 5.63 Å². The van der Waals surface area contributed by atoms with Crippen molar-refractivity contribution in [3.63, 3.8) is 0 Å². The van der Waals surface area contributed by atoms with Crippen molar-refractivity contribution in [2.75, 3.05) is 52.6 Å². The average molecular weight is 495 g/mol. The average Bonchev–Trinajstić information content (AvgIpc) is 2.84. The smallest absolute Gasteiger partial charge is 0.344 e. The van der Waals surface area contributed by atoms with Crippen LogP contribution in [0.5, 0.6) is 0 Å². The van der Waals surface area contributed by atoms with Gasteiger partial charge in [0.1, 0.15) is 5.58 Å². The molecular formula is C21H22N2O8S2. The van der Waals surface area contributed by atoms with Gasteiger partial charge in [-0.3, -0.25) is 0 Å². The van der Waals surface area contributed by atoms with E-state index in [9.17, 15) is 21.6 Å². The van der Waals surface area contributed by atoms with Gasteiger partial charge >= 0.3 is 5.63 Å². The maximum absolute atomic E-state index is 13.0. The molecule has 2 aliphatic rings. The van der Waals surface area contributed by atoms with E-state index in [0.29, 0.717) is 37.2 Å². The second kappa shape index (κ2) is 8.46. The molecule has 0 unspecified atom stereocenters. The number of nitrogens with zero attached hydrogens (tertiary/aromatic N) is 2. The normalized spacial score (nSPS) is 19.3. The minimum absolute atomic E-state index is 0.00457. The summed E-state index contributed by atoms with van der Waals surface area (Å²) in [5, 5.41) is 1.11. The summed E-state index contributed by atoms with van der Waals surface area (Å²) in [5.41, 5.74) is -0.622. The summed E-state index contributed by atoms with van der Waals surface area (Å²) in [7, 11) is -7.55. The Morgan fingerprint density at radius 2 is 1.12 bits per heavy atom. The Kier molecular flexibility index (Phi) is 5.75. The lowest BCUT2D eigenvalue weighted by Gasteiger charge is -2.26. The van der Waals surface area contributed by atoms with E-state index < -0.39 is 25.7 Å². The first-order valence-corrected chi connectivity index (χ1v) is 13.3. The molecule has 3 heterocycles. The van der Waals surface area contributed by atoms with Gasteiger partial charge in [-0.1, -0.05) is 6.07 Å². The van der Waals surface area contributed by atoms with Gasteiger partial charge in [0, 0.05) is 43.0 Å². The van der Waals surface area contributed by atoms with Gasteiger partial charge in [-0.2, -0.15) is 8.61 Å². The molecule has 0 saturated carbocycles. The summed E-state index contributed by atoms with van der Waals surface area (Å²) >= 11 is 0. The van der Waals surface area contributed by atoms with Crippen LogP contribution in [0.2, 0.25) is 0 Å². The Bertz CT molecular complexity index is 1490. The van der Waals surface area contributed by atoms with Crippen molar-refractivity contribution in [2.45, 2.75) is 9.79 Å². The molecule has 0 atom stereocenters. The monoisotopic (exact) mass is 494 g/mol. The Balaban J connectivity index is 1.58. The second-order valence-corrected chi connectivity index (χ2v) is 11.7. The van der Waals surface area contributed by atoms with Crippen molar-refractivity contribution < 1.29 is 30.7 Å². The zero-order valence-electron chi connectivity index (χ0n) is 17.6. The zero-order valence-corrected chi connectivity index (χ0v) is 19.2. The van der Waals surface area contributed by atoms with Gasteiger partial charge in [0.05, 0.1) is 41.6 Å². The number of morpholine rings is 2. The van der Waals surface area contributed by atoms with Gasteiger partial charge in [0.2, 0.25) is 20.0 Å². The van der Waals surface area contributed by atoms with Crippen LogP contribution in [0.4, 0.5) is 0 Å². The number of ether oxygens (including phenoxy) is 2. The molecule has 2 saturated heterocycles. The number of fused-ring (bicyclic) bond motifs is 3. The van der Waals surface area contributed by atoms with E-state index in [4.69, 9.17) is 13.9 Å². The quantitative estimate of drug-likeness (QED) is 0.389. The van der Waals surface area contributed by atoms with E-state index in [0.717, 1.165) is 0 Å². The molecule has 0 bridgehead atoms. The predicted octanol–water partition coefficient (Wildman–Crippen LogP) is 0.988. The maximum Gasteiger partial charge on any atom is 0.344 e. The molecule has 0 spiro atoms. The third kappa shape index (κ3) is 3.96. The first-order chi connectivity index (χ1) is 15.8. The number of hydrogen-bond donors (Lipinski definition) is 0. The van der Waals surface area contributed by atoms with Crippen molar-refractivity contribution in [3.8, 4) is 0 Å². The van der Waals surface area contributed by atoms with Crippen molar-refractivity contribution in [1.82, 2.24) is 8.61 Å². The van der Waals surface area contributed by atoms with Gasteiger partial charge in [0.25, 0.3) is 0 Å². The highest BCUT2D eigenvalue weighted by Crippen LogP contribution is 2.29. The zero-order chi connectivity index (χ0) is 23.2. The summed E-state index contributed by atoms with van der Waals surface area (Å²) in [6.45, 7) is 2.26. The Hall–Kier alpha value is -2.35. The lowest BCUT2D eigenvalue weighted by Crippen LogP contribution is -2.40. The summed E-state index contributed by atoms with van der Waals surface area (Å²) in [6, 6.07) is 8.68. The second-order valence-electron chi connectivity index (χ2n) is 7.79. The van der Waals surface area contributed by atoms with Crippen LogP contribution in [0.25, 0.3) is 21.7 Å². The molecule has 2 fully saturated rings. The SMILES string of the molecule is O=c1oc2cc(S(=O)(=O)N3CCOCC3)ccc2c2ccc(S(=O)(=O)N3CCOCC3)cc12. The Morgan fingerprint density at radius 1 is 0.636 bits per heavy atom. The highest BCUT2D eigenvalue weighted by molar-refractivity contribution is 7.89. The molecular weight excluding hydrogens is 472 g/mol. The largest absolute Gasteiger partial charge is 0.422 e. The van der Waals surface area contributed by atoms with E-state index in [1.165, 1.54) is 32.9 Å². The number of sulfonamides is 2. The molecule has 2 aliphatic heterocycles. The Labute approximate surface area is 190 Å². The van der Waals surface area contributed by atoms with E-state index in [2.05, 4.69) is 0 Å². The van der Waals surface area contributed by atoms with Crippen molar-refractivity contribution in [2.24, 2.45) is 0 Å². The molecule has 3 aromatic rings. The van der Waals surface area contributed by atoms with Crippen LogP contribution in [-0.4, -0.2) is 78.1 Å². The fourth-order valence-corrected chi connectivity index (χ4v) is 6.94. The van der Waals surface area contributed by atoms with Crippen LogP contribution in [0.15, 0.2) is 55.4 Å². The molecule has 5 rings (SSSR count). The Morgan fingerprint density at radius 3 is 1.67 bits per heavy atom. The van der Waals surface area contributed by atoms with Gasteiger partial charge in [-0.05, 0) is 24.3 Å². The summed E-state index contributed by atoms with van der Waals surface area (Å²) in [4.78, 5) is 12.8. The molecule has 0 N–H and O–H groups in total. The van der Waals surface area contributed by atoms with Crippen LogP contribution in [-0.2, 0) is 29.5 Å². The maximum atomic E-state index is 13.0. The van der Waals surface area contributed by atoms with Gasteiger partial charge < -0.3 is 13.9 Å². The topological polar surface area (TPSA) is 123 Å². The van der Waals surface area contributed by atoms with E-state index in [1.807, 2.05) is 0 Å². The van der Waals surface area contributed by atoms with Crippen molar-refractivity contribution >= 4 is 41.8 Å². The van der Waals surface area contributed by atoms with Crippen LogP contribution >= 0.6 is 0 Å². The van der Waals surface area contributed by atoms with Crippen LogP contribution in [0.3, 0.4) is 0 Å². The predicted molar refractivity (Wildman–Crippen MR) is 119 cm³/mol. The molecule has 0 amide bonds. The first-order valence-electron chi connectivity index (χ1n) is 10.4. The minimum atomic E-state index is -3.78. The highest BCUT2D eigenvalue weighted by atomic mass is 32.2. The van der Waals surface area contributed by atoms with Gasteiger partial charge in [-0.15, -0.1) is 0 Å². The fraction of sp³-hybridized carbons (Fsp3) is 0.381. The van der Waals surface area contributed by atoms with Crippen molar-refractivity contribution in [3.05, 3.63) is 46.8 Å². The van der Waals surface area contributed by atoms with Gasteiger partial charge in [-0.25, -0.2) is 21.6 Å². The van der Waals surface area contributed by atoms with E-state index >= 15 is 0 Å². The van der Waals surface area contributed by atoms with E-state index in [1.54, 1.807) is 12.1 Å². The molecule has 12 heteroatoms. The number of hydrogen-bond acceptors (Lipinski definition) is 8. The van der Waals surface area contributed by atoms with E-state index in [-0.39, 0.29) is 46.9 Å². The highest BCUT2D eigenvalue weighted by Gasteiger charge is 2.28. The molecule has 2 aromatic carbocycles. The molecule has 10 nitrogen and oxygen atoms in total.